The summed E-state index contributed by atoms with van der Waals surface area (Å²) in [6, 6.07) is 8.69. The van der Waals surface area contributed by atoms with Crippen LogP contribution >= 0.6 is 11.3 Å². The van der Waals surface area contributed by atoms with E-state index in [1.165, 1.54) is 10.4 Å². The topological polar surface area (TPSA) is 36.4 Å². The lowest BCUT2D eigenvalue weighted by atomic mass is 10.1. The normalized spacial score (nSPS) is 17.0. The van der Waals surface area contributed by atoms with Crippen molar-refractivity contribution in [2.75, 3.05) is 26.2 Å². The van der Waals surface area contributed by atoms with Gasteiger partial charge in [-0.3, -0.25) is 14.7 Å². The SMILES string of the molecule is CC(c1cccnc1)N1CCN(C(=O)CCCc2cccs2)CC1. The lowest BCUT2D eigenvalue weighted by Crippen LogP contribution is -2.49. The van der Waals surface area contributed by atoms with Crippen LogP contribution < -0.4 is 0 Å². The summed E-state index contributed by atoms with van der Waals surface area (Å²) in [5.74, 6) is 0.306. The van der Waals surface area contributed by atoms with Gasteiger partial charge in [0.25, 0.3) is 0 Å². The first-order valence-corrected chi connectivity index (χ1v) is 9.56. The summed E-state index contributed by atoms with van der Waals surface area (Å²) in [7, 11) is 0. The maximum Gasteiger partial charge on any atom is 0.222 e. The first kappa shape index (κ1) is 17.1. The third-order valence-electron chi connectivity index (χ3n) is 4.78. The number of rotatable bonds is 6. The van der Waals surface area contributed by atoms with Crippen LogP contribution in [0.15, 0.2) is 42.0 Å². The van der Waals surface area contributed by atoms with Crippen LogP contribution in [0, 0.1) is 0 Å². The Morgan fingerprint density at radius 3 is 2.75 bits per heavy atom. The van der Waals surface area contributed by atoms with Gasteiger partial charge in [0, 0.05) is 55.9 Å². The zero-order chi connectivity index (χ0) is 16.8. The molecule has 0 aliphatic carbocycles. The number of hydrogen-bond donors (Lipinski definition) is 0. The Labute approximate surface area is 148 Å². The summed E-state index contributed by atoms with van der Waals surface area (Å²) in [5.41, 5.74) is 1.24. The Kier molecular flexibility index (Phi) is 5.99. The van der Waals surface area contributed by atoms with Gasteiger partial charge < -0.3 is 4.90 Å². The first-order valence-electron chi connectivity index (χ1n) is 8.68. The van der Waals surface area contributed by atoms with Gasteiger partial charge in [0.2, 0.25) is 5.91 Å². The predicted octanol–water partition coefficient (Wildman–Crippen LogP) is 3.37. The fourth-order valence-electron chi connectivity index (χ4n) is 3.22. The van der Waals surface area contributed by atoms with Crippen LogP contribution in [0.2, 0.25) is 0 Å². The summed E-state index contributed by atoms with van der Waals surface area (Å²) >= 11 is 1.77. The third-order valence-corrected chi connectivity index (χ3v) is 5.71. The summed E-state index contributed by atoms with van der Waals surface area (Å²) in [6.07, 6.45) is 6.37. The molecule has 0 saturated carbocycles. The zero-order valence-electron chi connectivity index (χ0n) is 14.2. The molecule has 5 heteroatoms. The average molecular weight is 343 g/mol. The van der Waals surface area contributed by atoms with Gasteiger partial charge in [-0.05, 0) is 42.8 Å². The molecule has 0 bridgehead atoms. The van der Waals surface area contributed by atoms with Gasteiger partial charge in [0.15, 0.2) is 0 Å². The summed E-state index contributed by atoms with van der Waals surface area (Å²) in [4.78, 5) is 22.4. The van der Waals surface area contributed by atoms with E-state index in [0.717, 1.165) is 39.0 Å². The van der Waals surface area contributed by atoms with Crippen LogP contribution in [-0.4, -0.2) is 46.9 Å². The van der Waals surface area contributed by atoms with E-state index in [1.54, 1.807) is 11.3 Å². The minimum Gasteiger partial charge on any atom is -0.340 e. The maximum absolute atomic E-state index is 12.4. The molecule has 0 N–H and O–H groups in total. The second kappa shape index (κ2) is 8.40. The van der Waals surface area contributed by atoms with E-state index in [0.29, 0.717) is 18.4 Å². The smallest absolute Gasteiger partial charge is 0.222 e. The Bertz CT molecular complexity index is 621. The molecule has 1 saturated heterocycles. The van der Waals surface area contributed by atoms with Crippen molar-refractivity contribution in [2.24, 2.45) is 0 Å². The van der Waals surface area contributed by atoms with Crippen molar-refractivity contribution in [1.82, 2.24) is 14.8 Å². The second-order valence-corrected chi connectivity index (χ2v) is 7.34. The molecular weight excluding hydrogens is 318 g/mol. The molecule has 3 rings (SSSR count). The van der Waals surface area contributed by atoms with Gasteiger partial charge in [0.05, 0.1) is 0 Å². The summed E-state index contributed by atoms with van der Waals surface area (Å²) in [5, 5.41) is 2.10. The van der Waals surface area contributed by atoms with Gasteiger partial charge in [-0.15, -0.1) is 11.3 Å². The number of piperazine rings is 1. The molecule has 24 heavy (non-hydrogen) atoms. The fourth-order valence-corrected chi connectivity index (χ4v) is 3.97. The van der Waals surface area contributed by atoms with Gasteiger partial charge in [0.1, 0.15) is 0 Å². The molecule has 1 amide bonds. The molecule has 1 fully saturated rings. The number of thiophene rings is 1. The fraction of sp³-hybridized carbons (Fsp3) is 0.474. The van der Waals surface area contributed by atoms with Crippen molar-refractivity contribution >= 4 is 17.2 Å². The number of aryl methyl sites for hydroxylation is 1. The minimum atomic E-state index is 0.306. The molecule has 4 nitrogen and oxygen atoms in total. The van der Waals surface area contributed by atoms with Crippen LogP contribution in [0.5, 0.6) is 0 Å². The lowest BCUT2D eigenvalue weighted by molar-refractivity contribution is -0.133. The standard InChI is InChI=1S/C19H25N3OS/c1-16(17-5-3-9-20-15-17)21-10-12-22(13-11-21)19(23)8-2-6-18-7-4-14-24-18/h3-5,7,9,14-16H,2,6,8,10-13H2,1H3. The molecule has 0 spiro atoms. The van der Waals surface area contributed by atoms with E-state index in [4.69, 9.17) is 0 Å². The number of nitrogens with zero attached hydrogens (tertiary/aromatic N) is 3. The van der Waals surface area contributed by atoms with Crippen LogP contribution in [0.1, 0.15) is 36.2 Å². The van der Waals surface area contributed by atoms with Crippen molar-refractivity contribution in [3.05, 3.63) is 52.5 Å². The minimum absolute atomic E-state index is 0.306. The maximum atomic E-state index is 12.4. The van der Waals surface area contributed by atoms with Crippen LogP contribution in [0.4, 0.5) is 0 Å². The Hall–Kier alpha value is -1.72. The van der Waals surface area contributed by atoms with Crippen molar-refractivity contribution in [3.8, 4) is 0 Å². The highest BCUT2D eigenvalue weighted by atomic mass is 32.1. The van der Waals surface area contributed by atoms with E-state index in [1.807, 2.05) is 23.4 Å². The molecule has 0 radical (unpaired) electrons. The van der Waals surface area contributed by atoms with E-state index in [9.17, 15) is 4.79 Å². The van der Waals surface area contributed by atoms with Crippen molar-refractivity contribution < 1.29 is 4.79 Å². The summed E-state index contributed by atoms with van der Waals surface area (Å²) < 4.78 is 0. The number of carbonyl (C=O) groups excluding carboxylic acids is 1. The Morgan fingerprint density at radius 2 is 2.08 bits per heavy atom. The van der Waals surface area contributed by atoms with Crippen LogP contribution in [0.3, 0.4) is 0 Å². The molecular formula is C19H25N3OS. The number of amides is 1. The van der Waals surface area contributed by atoms with E-state index < -0.39 is 0 Å². The molecule has 3 heterocycles. The van der Waals surface area contributed by atoms with Crippen LogP contribution in [0.25, 0.3) is 0 Å². The van der Waals surface area contributed by atoms with Crippen LogP contribution in [-0.2, 0) is 11.2 Å². The first-order chi connectivity index (χ1) is 11.7. The number of carbonyl (C=O) groups is 1. The number of hydrogen-bond acceptors (Lipinski definition) is 4. The average Bonchev–Trinajstić information content (AvgIpc) is 3.15. The van der Waals surface area contributed by atoms with E-state index in [2.05, 4.69) is 40.4 Å². The Balaban J connectivity index is 1.42. The predicted molar refractivity (Wildman–Crippen MR) is 98.1 cm³/mol. The molecule has 1 aliphatic heterocycles. The monoisotopic (exact) mass is 343 g/mol. The highest BCUT2D eigenvalue weighted by Crippen LogP contribution is 2.21. The molecule has 0 aromatic carbocycles. The van der Waals surface area contributed by atoms with Crippen molar-refractivity contribution in [2.45, 2.75) is 32.2 Å². The molecule has 2 aromatic heterocycles. The van der Waals surface area contributed by atoms with Crippen molar-refractivity contribution in [1.29, 1.82) is 0 Å². The van der Waals surface area contributed by atoms with Crippen molar-refractivity contribution in [3.63, 3.8) is 0 Å². The zero-order valence-corrected chi connectivity index (χ0v) is 15.0. The van der Waals surface area contributed by atoms with Gasteiger partial charge in [-0.1, -0.05) is 12.1 Å². The largest absolute Gasteiger partial charge is 0.340 e. The third kappa shape index (κ3) is 4.42. The number of aromatic nitrogens is 1. The van der Waals surface area contributed by atoms with Gasteiger partial charge in [-0.25, -0.2) is 0 Å². The van der Waals surface area contributed by atoms with E-state index in [-0.39, 0.29) is 0 Å². The molecule has 2 aromatic rings. The highest BCUT2D eigenvalue weighted by molar-refractivity contribution is 7.09. The molecule has 1 atom stereocenters. The lowest BCUT2D eigenvalue weighted by Gasteiger charge is -2.38. The molecule has 1 aliphatic rings. The van der Waals surface area contributed by atoms with Gasteiger partial charge in [-0.2, -0.15) is 0 Å². The molecule has 128 valence electrons. The Morgan fingerprint density at radius 1 is 1.25 bits per heavy atom. The molecule has 1 unspecified atom stereocenters. The highest BCUT2D eigenvalue weighted by Gasteiger charge is 2.24. The summed E-state index contributed by atoms with van der Waals surface area (Å²) in [6.45, 7) is 5.76. The van der Waals surface area contributed by atoms with E-state index >= 15 is 0 Å². The van der Waals surface area contributed by atoms with Gasteiger partial charge >= 0.3 is 0 Å². The quantitative estimate of drug-likeness (QED) is 0.807. The number of pyridine rings is 1. The second-order valence-electron chi connectivity index (χ2n) is 6.31.